The zero-order valence-electron chi connectivity index (χ0n) is 11.0. The molecule has 0 radical (unpaired) electrons. The van der Waals surface area contributed by atoms with Gasteiger partial charge in [-0.05, 0) is 35.8 Å². The summed E-state index contributed by atoms with van der Waals surface area (Å²) in [6, 6.07) is 7.88. The first kappa shape index (κ1) is 15.4. The van der Waals surface area contributed by atoms with Crippen LogP contribution < -0.4 is 11.5 Å². The summed E-state index contributed by atoms with van der Waals surface area (Å²) >= 11 is 4.42. The van der Waals surface area contributed by atoms with Crippen LogP contribution in [0.15, 0.2) is 60.8 Å². The van der Waals surface area contributed by atoms with Gasteiger partial charge in [-0.15, -0.1) is 0 Å². The number of allylic oxidation sites excluding steroid dienone is 1. The molecule has 0 saturated carbocycles. The molecule has 1 aromatic rings. The lowest BCUT2D eigenvalue weighted by atomic mass is 10.1. The molecule has 0 aliphatic heterocycles. The molecular weight excluding hydrogens is 254 g/mol. The van der Waals surface area contributed by atoms with E-state index in [9.17, 15) is 0 Å². The lowest BCUT2D eigenvalue weighted by Gasteiger charge is -2.15. The summed E-state index contributed by atoms with van der Waals surface area (Å²) in [5, 5.41) is 0. The van der Waals surface area contributed by atoms with Gasteiger partial charge in [0.15, 0.2) is 0 Å². The Labute approximate surface area is 120 Å². The van der Waals surface area contributed by atoms with Crippen molar-refractivity contribution in [2.24, 2.45) is 5.73 Å². The van der Waals surface area contributed by atoms with Gasteiger partial charge < -0.3 is 11.5 Å². The summed E-state index contributed by atoms with van der Waals surface area (Å²) in [6.07, 6.45) is 4.52. The molecule has 0 amide bonds. The zero-order chi connectivity index (χ0) is 14.3. The number of nitrogens with zero attached hydrogens (tertiary/aromatic N) is 1. The van der Waals surface area contributed by atoms with Crippen molar-refractivity contribution in [1.29, 1.82) is 0 Å². The molecule has 1 rings (SSSR count). The van der Waals surface area contributed by atoms with Crippen molar-refractivity contribution < 1.29 is 0 Å². The average Bonchev–Trinajstić information content (AvgIpc) is 2.36. The van der Waals surface area contributed by atoms with Crippen LogP contribution in [-0.4, -0.2) is 17.4 Å². The lowest BCUT2D eigenvalue weighted by Crippen LogP contribution is -2.17. The second-order valence-corrected chi connectivity index (χ2v) is 5.01. The summed E-state index contributed by atoms with van der Waals surface area (Å²) in [6.45, 7) is 9.06. The summed E-state index contributed by atoms with van der Waals surface area (Å²) < 4.78 is 1.92. The molecule has 0 bridgehead atoms. The van der Waals surface area contributed by atoms with Gasteiger partial charge >= 0.3 is 0 Å². The maximum Gasteiger partial charge on any atom is 0.0332 e. The number of nitrogens with two attached hydrogens (primary N) is 2. The van der Waals surface area contributed by atoms with E-state index in [-0.39, 0.29) is 0 Å². The van der Waals surface area contributed by atoms with Crippen LogP contribution in [0.1, 0.15) is 5.56 Å². The minimum atomic E-state index is 0.522. The lowest BCUT2D eigenvalue weighted by molar-refractivity contribution is 0.522. The molecule has 0 aromatic heterocycles. The number of hydrogen-bond donors (Lipinski definition) is 3. The molecule has 4 N–H and O–H groups in total. The van der Waals surface area contributed by atoms with Crippen LogP contribution in [0.5, 0.6) is 0 Å². The topological polar surface area (TPSA) is 55.3 Å². The van der Waals surface area contributed by atoms with E-state index in [1.165, 1.54) is 5.56 Å². The van der Waals surface area contributed by atoms with Crippen LogP contribution in [-0.2, 0) is 6.42 Å². The van der Waals surface area contributed by atoms with Crippen molar-refractivity contribution in [3.8, 4) is 0 Å². The molecule has 0 heterocycles. The first-order valence-electron chi connectivity index (χ1n) is 6.06. The van der Waals surface area contributed by atoms with Gasteiger partial charge in [0.05, 0.1) is 0 Å². The SMILES string of the molecule is C=C(N)/C=C\C(=C)CN(S)CCc1ccc(N)cc1. The summed E-state index contributed by atoms with van der Waals surface area (Å²) in [5.74, 6) is 0. The molecule has 3 nitrogen and oxygen atoms in total. The van der Waals surface area contributed by atoms with Gasteiger partial charge in [0, 0.05) is 24.5 Å². The molecule has 0 atom stereocenters. The van der Waals surface area contributed by atoms with Gasteiger partial charge in [-0.3, -0.25) is 0 Å². The van der Waals surface area contributed by atoms with Crippen LogP contribution in [0.25, 0.3) is 0 Å². The molecule has 0 aliphatic carbocycles. The van der Waals surface area contributed by atoms with Crippen LogP contribution >= 0.6 is 12.8 Å². The third-order valence-corrected chi connectivity index (χ3v) is 2.90. The Hall–Kier alpha value is -1.65. The number of thiol groups is 1. The minimum Gasteiger partial charge on any atom is -0.399 e. The molecule has 1 aromatic carbocycles. The highest BCUT2D eigenvalue weighted by atomic mass is 32.1. The Morgan fingerprint density at radius 3 is 2.42 bits per heavy atom. The van der Waals surface area contributed by atoms with Crippen molar-refractivity contribution in [3.05, 3.63) is 66.4 Å². The third-order valence-electron chi connectivity index (χ3n) is 2.56. The fourth-order valence-electron chi connectivity index (χ4n) is 1.53. The summed E-state index contributed by atoms with van der Waals surface area (Å²) in [5.41, 5.74) is 14.6. The molecule has 0 aliphatic rings. The largest absolute Gasteiger partial charge is 0.399 e. The zero-order valence-corrected chi connectivity index (χ0v) is 11.9. The Morgan fingerprint density at radius 2 is 1.84 bits per heavy atom. The first-order valence-corrected chi connectivity index (χ1v) is 6.46. The smallest absolute Gasteiger partial charge is 0.0332 e. The van der Waals surface area contributed by atoms with Crippen molar-refractivity contribution in [1.82, 2.24) is 4.31 Å². The molecule has 0 fully saturated rings. The molecule has 4 heteroatoms. The van der Waals surface area contributed by atoms with Crippen molar-refractivity contribution in [3.63, 3.8) is 0 Å². The fourth-order valence-corrected chi connectivity index (χ4v) is 1.82. The Balaban J connectivity index is 2.35. The predicted molar refractivity (Wildman–Crippen MR) is 86.7 cm³/mol. The molecular formula is C15H21N3S. The quantitative estimate of drug-likeness (QED) is 0.407. The van der Waals surface area contributed by atoms with Crippen molar-refractivity contribution >= 4 is 18.5 Å². The van der Waals surface area contributed by atoms with E-state index in [0.29, 0.717) is 12.2 Å². The van der Waals surface area contributed by atoms with E-state index in [1.807, 2.05) is 34.6 Å². The normalized spacial score (nSPS) is 11.1. The van der Waals surface area contributed by atoms with E-state index in [1.54, 1.807) is 6.08 Å². The van der Waals surface area contributed by atoms with E-state index < -0.39 is 0 Å². The van der Waals surface area contributed by atoms with Crippen molar-refractivity contribution in [2.75, 3.05) is 18.8 Å². The van der Waals surface area contributed by atoms with Crippen LogP contribution in [0.3, 0.4) is 0 Å². The highest BCUT2D eigenvalue weighted by Crippen LogP contribution is 2.09. The number of nitrogen functional groups attached to an aromatic ring is 1. The highest BCUT2D eigenvalue weighted by molar-refractivity contribution is 7.77. The van der Waals surface area contributed by atoms with Gasteiger partial charge in [0.2, 0.25) is 0 Å². The maximum absolute atomic E-state index is 5.64. The molecule has 0 spiro atoms. The van der Waals surface area contributed by atoms with Gasteiger partial charge in [-0.25, -0.2) is 4.31 Å². The Kier molecular flexibility index (Phi) is 6.25. The van der Waals surface area contributed by atoms with Gasteiger partial charge in [0.25, 0.3) is 0 Å². The van der Waals surface area contributed by atoms with Crippen molar-refractivity contribution in [2.45, 2.75) is 6.42 Å². The monoisotopic (exact) mass is 275 g/mol. The number of rotatable bonds is 7. The molecule has 0 unspecified atom stereocenters. The molecule has 19 heavy (non-hydrogen) atoms. The maximum atomic E-state index is 5.64. The average molecular weight is 275 g/mol. The van der Waals surface area contributed by atoms with Crippen LogP contribution in [0, 0.1) is 0 Å². The third kappa shape index (κ3) is 6.74. The van der Waals surface area contributed by atoms with E-state index in [0.717, 1.165) is 24.2 Å². The summed E-state index contributed by atoms with van der Waals surface area (Å²) in [4.78, 5) is 0. The Bertz CT molecular complexity index is 463. The van der Waals surface area contributed by atoms with Crippen LogP contribution in [0.2, 0.25) is 0 Å². The fraction of sp³-hybridized carbons (Fsp3) is 0.200. The Morgan fingerprint density at radius 1 is 1.21 bits per heavy atom. The number of benzene rings is 1. The van der Waals surface area contributed by atoms with Crippen LogP contribution in [0.4, 0.5) is 5.69 Å². The summed E-state index contributed by atoms with van der Waals surface area (Å²) in [7, 11) is 0. The molecule has 102 valence electrons. The van der Waals surface area contributed by atoms with Gasteiger partial charge in [0.1, 0.15) is 0 Å². The molecule has 0 saturated heterocycles. The van der Waals surface area contributed by atoms with Gasteiger partial charge in [-0.1, -0.05) is 44.2 Å². The van der Waals surface area contributed by atoms with E-state index in [2.05, 4.69) is 26.0 Å². The predicted octanol–water partition coefficient (Wildman–Crippen LogP) is 2.54. The first-order chi connectivity index (χ1) is 8.97. The van der Waals surface area contributed by atoms with E-state index >= 15 is 0 Å². The van der Waals surface area contributed by atoms with Gasteiger partial charge in [-0.2, -0.15) is 0 Å². The number of anilines is 1. The minimum absolute atomic E-state index is 0.522. The van der Waals surface area contributed by atoms with E-state index in [4.69, 9.17) is 11.5 Å². The highest BCUT2D eigenvalue weighted by Gasteiger charge is 2.01. The second-order valence-electron chi connectivity index (χ2n) is 4.45. The number of hydrogen-bond acceptors (Lipinski definition) is 4. The standard InChI is InChI=1S/C15H21N3S/c1-12(3-4-13(2)16)11-18(19)10-9-14-5-7-15(17)8-6-14/h3-8,19H,1-2,9-11,16-17H2/b4-3-. The second kappa shape index (κ2) is 7.71.